The first-order valence-electron chi connectivity index (χ1n) is 8.81. The molecule has 0 aliphatic carbocycles. The van der Waals surface area contributed by atoms with Crippen molar-refractivity contribution in [2.24, 2.45) is 0 Å². The first kappa shape index (κ1) is 22.9. The zero-order chi connectivity index (χ0) is 22.3. The minimum absolute atomic E-state index is 0.160. The number of hydrogen-bond acceptors (Lipinski definition) is 6. The number of alkyl halides is 3. The van der Waals surface area contributed by atoms with Crippen LogP contribution in [0.5, 0.6) is 17.2 Å². The molecule has 1 unspecified atom stereocenters. The Morgan fingerprint density at radius 3 is 2.30 bits per heavy atom. The molecule has 0 aromatic heterocycles. The molecule has 2 aromatic carbocycles. The van der Waals surface area contributed by atoms with Gasteiger partial charge in [-0.25, -0.2) is 4.79 Å². The molecule has 1 N–H and O–H groups in total. The number of methoxy groups -OCH3 is 1. The summed E-state index contributed by atoms with van der Waals surface area (Å²) in [5.74, 6) is -1.05. The number of carbonyl (C=O) groups is 2. The van der Waals surface area contributed by atoms with Gasteiger partial charge in [0.25, 0.3) is 5.91 Å². The smallest absolute Gasteiger partial charge is 0.493 e. The van der Waals surface area contributed by atoms with Crippen molar-refractivity contribution in [1.82, 2.24) is 0 Å². The van der Waals surface area contributed by atoms with Gasteiger partial charge in [0.15, 0.2) is 17.6 Å². The zero-order valence-electron chi connectivity index (χ0n) is 16.4. The van der Waals surface area contributed by atoms with E-state index in [4.69, 9.17) is 14.2 Å². The molecule has 2 rings (SSSR count). The van der Waals surface area contributed by atoms with Crippen molar-refractivity contribution < 1.29 is 41.7 Å². The lowest BCUT2D eigenvalue weighted by molar-refractivity contribution is -0.274. The first-order valence-corrected chi connectivity index (χ1v) is 8.81. The van der Waals surface area contributed by atoms with Gasteiger partial charge in [-0.1, -0.05) is 0 Å². The number of carbonyl (C=O) groups excluding carboxylic acids is 2. The van der Waals surface area contributed by atoms with Gasteiger partial charge in [-0.05, 0) is 56.3 Å². The van der Waals surface area contributed by atoms with Gasteiger partial charge in [-0.2, -0.15) is 0 Å². The van der Waals surface area contributed by atoms with E-state index in [0.717, 1.165) is 12.1 Å². The summed E-state index contributed by atoms with van der Waals surface area (Å²) in [6.07, 6.45) is -5.97. The van der Waals surface area contributed by atoms with Crippen molar-refractivity contribution >= 4 is 17.6 Å². The molecule has 1 amide bonds. The maximum Gasteiger partial charge on any atom is 0.573 e. The van der Waals surface area contributed by atoms with E-state index in [-0.39, 0.29) is 11.3 Å². The maximum absolute atomic E-state index is 12.3. The fraction of sp³-hybridized carbons (Fsp3) is 0.300. The number of rotatable bonds is 8. The first-order chi connectivity index (χ1) is 14.1. The van der Waals surface area contributed by atoms with Crippen LogP contribution >= 0.6 is 0 Å². The average Bonchev–Trinajstić information content (AvgIpc) is 2.68. The fourth-order valence-corrected chi connectivity index (χ4v) is 2.34. The number of hydrogen-bond donors (Lipinski definition) is 1. The highest BCUT2D eigenvalue weighted by Gasteiger charge is 2.31. The molecule has 0 fully saturated rings. The molecule has 0 spiro atoms. The molecule has 0 aliphatic rings. The highest BCUT2D eigenvalue weighted by molar-refractivity contribution is 5.97. The van der Waals surface area contributed by atoms with Gasteiger partial charge in [0.05, 0.1) is 19.3 Å². The van der Waals surface area contributed by atoms with Crippen LogP contribution in [0.3, 0.4) is 0 Å². The summed E-state index contributed by atoms with van der Waals surface area (Å²) in [5.41, 5.74) is 0.369. The van der Waals surface area contributed by atoms with Gasteiger partial charge in [0, 0.05) is 5.69 Å². The summed E-state index contributed by atoms with van der Waals surface area (Å²) in [5, 5.41) is 2.44. The number of ether oxygens (including phenoxy) is 4. The van der Waals surface area contributed by atoms with Gasteiger partial charge in [0.2, 0.25) is 0 Å². The summed E-state index contributed by atoms with van der Waals surface area (Å²) in [4.78, 5) is 24.5. The van der Waals surface area contributed by atoms with Crippen molar-refractivity contribution in [3.8, 4) is 17.2 Å². The van der Waals surface area contributed by atoms with Crippen molar-refractivity contribution in [1.29, 1.82) is 0 Å². The summed E-state index contributed by atoms with van der Waals surface area (Å²) < 4.78 is 56.0. The van der Waals surface area contributed by atoms with E-state index in [0.29, 0.717) is 18.1 Å². The summed E-state index contributed by atoms with van der Waals surface area (Å²) in [7, 11) is 1.46. The number of halogens is 3. The number of amides is 1. The van der Waals surface area contributed by atoms with E-state index in [1.807, 2.05) is 0 Å². The highest BCUT2D eigenvalue weighted by atomic mass is 19.4. The highest BCUT2D eigenvalue weighted by Crippen LogP contribution is 2.28. The Morgan fingerprint density at radius 2 is 1.73 bits per heavy atom. The number of nitrogens with one attached hydrogen (secondary N) is 1. The van der Waals surface area contributed by atoms with E-state index in [1.54, 1.807) is 6.92 Å². The molecule has 0 heterocycles. The second-order valence-corrected chi connectivity index (χ2v) is 5.91. The number of anilines is 1. The average molecular weight is 427 g/mol. The normalized spacial score (nSPS) is 11.9. The van der Waals surface area contributed by atoms with Crippen LogP contribution in [-0.2, 0) is 9.53 Å². The van der Waals surface area contributed by atoms with E-state index in [1.165, 1.54) is 44.4 Å². The van der Waals surface area contributed by atoms with Crippen molar-refractivity contribution in [2.45, 2.75) is 26.3 Å². The Kier molecular flexibility index (Phi) is 7.51. The largest absolute Gasteiger partial charge is 0.573 e. The molecule has 2 aromatic rings. The monoisotopic (exact) mass is 427 g/mol. The molecule has 0 saturated heterocycles. The lowest BCUT2D eigenvalue weighted by atomic mass is 10.2. The van der Waals surface area contributed by atoms with Crippen molar-refractivity contribution in [3.63, 3.8) is 0 Å². The summed E-state index contributed by atoms with van der Waals surface area (Å²) >= 11 is 0. The molecule has 7 nitrogen and oxygen atoms in total. The Labute approximate surface area is 170 Å². The number of benzene rings is 2. The van der Waals surface area contributed by atoms with Gasteiger partial charge < -0.3 is 24.3 Å². The predicted molar refractivity (Wildman–Crippen MR) is 101 cm³/mol. The predicted octanol–water partition coefficient (Wildman–Crippen LogP) is 4.18. The third-order valence-electron chi connectivity index (χ3n) is 3.71. The third kappa shape index (κ3) is 6.57. The molecule has 1 atom stereocenters. The van der Waals surface area contributed by atoms with Crippen LogP contribution < -0.4 is 19.5 Å². The lowest BCUT2D eigenvalue weighted by Crippen LogP contribution is -2.30. The van der Waals surface area contributed by atoms with Crippen LogP contribution in [-0.4, -0.2) is 38.1 Å². The Morgan fingerprint density at radius 1 is 1.07 bits per heavy atom. The van der Waals surface area contributed by atoms with E-state index in [2.05, 4.69) is 10.1 Å². The van der Waals surface area contributed by atoms with Crippen LogP contribution in [0.25, 0.3) is 0 Å². The molecule has 0 aliphatic heterocycles. The Balaban J connectivity index is 1.98. The molecular formula is C20H20F3NO6. The quantitative estimate of drug-likeness (QED) is 0.637. The Bertz CT molecular complexity index is 883. The number of esters is 1. The minimum atomic E-state index is -4.81. The van der Waals surface area contributed by atoms with Gasteiger partial charge in [-0.15, -0.1) is 13.2 Å². The third-order valence-corrected chi connectivity index (χ3v) is 3.71. The standard InChI is InChI=1S/C20H20F3NO6/c1-4-28-17-11-13(5-10-16(17)27-3)19(26)29-12(2)18(25)24-14-6-8-15(9-7-14)30-20(21,22)23/h5-12H,4H2,1-3H3,(H,24,25). The van der Waals surface area contributed by atoms with Crippen LogP contribution in [0, 0.1) is 0 Å². The molecule has 10 heteroatoms. The van der Waals surface area contributed by atoms with Crippen LogP contribution in [0.4, 0.5) is 18.9 Å². The maximum atomic E-state index is 12.3. The Hall–Kier alpha value is -3.43. The van der Waals surface area contributed by atoms with E-state index in [9.17, 15) is 22.8 Å². The lowest BCUT2D eigenvalue weighted by Gasteiger charge is -2.15. The molecular weight excluding hydrogens is 407 g/mol. The van der Waals surface area contributed by atoms with Gasteiger partial charge >= 0.3 is 12.3 Å². The van der Waals surface area contributed by atoms with E-state index < -0.39 is 30.1 Å². The minimum Gasteiger partial charge on any atom is -0.493 e. The van der Waals surface area contributed by atoms with Crippen molar-refractivity contribution in [2.75, 3.05) is 19.0 Å². The molecule has 0 saturated carbocycles. The van der Waals surface area contributed by atoms with Crippen LogP contribution in [0.1, 0.15) is 24.2 Å². The summed E-state index contributed by atoms with van der Waals surface area (Å²) in [6, 6.07) is 8.99. The SMILES string of the molecule is CCOc1cc(C(=O)OC(C)C(=O)Nc2ccc(OC(F)(F)F)cc2)ccc1OC. The van der Waals surface area contributed by atoms with Gasteiger partial charge in [-0.3, -0.25) is 4.79 Å². The molecule has 162 valence electrons. The van der Waals surface area contributed by atoms with Gasteiger partial charge in [0.1, 0.15) is 5.75 Å². The summed E-state index contributed by atoms with van der Waals surface area (Å²) in [6.45, 7) is 3.50. The second kappa shape index (κ2) is 9.86. The van der Waals surface area contributed by atoms with Crippen LogP contribution in [0.15, 0.2) is 42.5 Å². The second-order valence-electron chi connectivity index (χ2n) is 5.91. The van der Waals surface area contributed by atoms with Crippen molar-refractivity contribution in [3.05, 3.63) is 48.0 Å². The molecule has 0 radical (unpaired) electrons. The van der Waals surface area contributed by atoms with E-state index >= 15 is 0 Å². The topological polar surface area (TPSA) is 83.1 Å². The molecule has 30 heavy (non-hydrogen) atoms. The fourth-order valence-electron chi connectivity index (χ4n) is 2.34. The van der Waals surface area contributed by atoms with Crippen LogP contribution in [0.2, 0.25) is 0 Å². The molecule has 0 bridgehead atoms. The zero-order valence-corrected chi connectivity index (χ0v) is 16.4.